The van der Waals surface area contributed by atoms with Gasteiger partial charge >= 0.3 is 0 Å². The van der Waals surface area contributed by atoms with Crippen molar-refractivity contribution >= 4 is 6.29 Å². The highest BCUT2D eigenvalue weighted by Crippen LogP contribution is 2.36. The lowest BCUT2D eigenvalue weighted by molar-refractivity contribution is -0.0585. The first-order valence-electron chi connectivity index (χ1n) is 6.57. The Bertz CT molecular complexity index is 457. The van der Waals surface area contributed by atoms with E-state index in [0.29, 0.717) is 17.7 Å². The van der Waals surface area contributed by atoms with E-state index >= 15 is 0 Å². The van der Waals surface area contributed by atoms with Crippen LogP contribution in [-0.4, -0.2) is 18.8 Å². The molecule has 0 saturated heterocycles. The Kier molecular flexibility index (Phi) is 4.17. The lowest BCUT2D eigenvalue weighted by atomic mass is 9.87. The number of hydrogen-bond donors (Lipinski definition) is 0. The first-order chi connectivity index (χ1) is 9.00. The van der Waals surface area contributed by atoms with Gasteiger partial charge < -0.3 is 4.74 Å². The average Bonchev–Trinajstić information content (AvgIpc) is 2.36. The molecular formula is C15H18F2O2. The van der Waals surface area contributed by atoms with E-state index in [2.05, 4.69) is 0 Å². The van der Waals surface area contributed by atoms with Gasteiger partial charge in [-0.1, -0.05) is 11.6 Å². The lowest BCUT2D eigenvalue weighted by Gasteiger charge is -2.28. The van der Waals surface area contributed by atoms with Crippen molar-refractivity contribution in [1.29, 1.82) is 0 Å². The molecule has 4 heteroatoms. The van der Waals surface area contributed by atoms with Gasteiger partial charge in [0.1, 0.15) is 5.75 Å². The zero-order valence-corrected chi connectivity index (χ0v) is 11.0. The predicted molar refractivity (Wildman–Crippen MR) is 69.0 cm³/mol. The van der Waals surface area contributed by atoms with Gasteiger partial charge in [-0.15, -0.1) is 0 Å². The summed E-state index contributed by atoms with van der Waals surface area (Å²) >= 11 is 0. The first-order valence-corrected chi connectivity index (χ1v) is 6.57. The number of rotatable bonds is 4. The Morgan fingerprint density at radius 3 is 2.95 bits per heavy atom. The Morgan fingerprint density at radius 2 is 2.26 bits per heavy atom. The molecule has 1 fully saturated rings. The van der Waals surface area contributed by atoms with Crippen LogP contribution in [0.5, 0.6) is 5.75 Å². The molecule has 19 heavy (non-hydrogen) atoms. The Hall–Kier alpha value is -1.45. The zero-order chi connectivity index (χ0) is 13.9. The Morgan fingerprint density at radius 1 is 1.47 bits per heavy atom. The smallest absolute Gasteiger partial charge is 0.248 e. The van der Waals surface area contributed by atoms with E-state index in [-0.39, 0.29) is 25.4 Å². The van der Waals surface area contributed by atoms with Gasteiger partial charge in [-0.3, -0.25) is 4.79 Å². The minimum Gasteiger partial charge on any atom is -0.493 e. The van der Waals surface area contributed by atoms with Gasteiger partial charge in [-0.05, 0) is 37.8 Å². The van der Waals surface area contributed by atoms with Gasteiger partial charge in [-0.2, -0.15) is 0 Å². The summed E-state index contributed by atoms with van der Waals surface area (Å²) in [6, 6.07) is 5.30. The van der Waals surface area contributed by atoms with E-state index in [1.165, 1.54) is 0 Å². The quantitative estimate of drug-likeness (QED) is 0.771. The number of halogens is 2. The molecule has 104 valence electrons. The van der Waals surface area contributed by atoms with Crippen molar-refractivity contribution in [2.24, 2.45) is 5.92 Å². The van der Waals surface area contributed by atoms with Crippen molar-refractivity contribution in [3.05, 3.63) is 29.3 Å². The minimum atomic E-state index is -2.56. The molecule has 1 aliphatic carbocycles. The van der Waals surface area contributed by atoms with Crippen LogP contribution in [0.4, 0.5) is 8.78 Å². The van der Waals surface area contributed by atoms with Crippen molar-refractivity contribution in [2.45, 2.75) is 38.5 Å². The highest BCUT2D eigenvalue weighted by molar-refractivity contribution is 5.79. The van der Waals surface area contributed by atoms with Crippen LogP contribution in [0, 0.1) is 12.8 Å². The summed E-state index contributed by atoms with van der Waals surface area (Å²) in [5.41, 5.74) is 1.45. The maximum absolute atomic E-state index is 13.3. The molecule has 1 unspecified atom stereocenters. The fourth-order valence-electron chi connectivity index (χ4n) is 2.52. The minimum absolute atomic E-state index is 0.0202. The van der Waals surface area contributed by atoms with E-state index in [0.717, 1.165) is 18.3 Å². The van der Waals surface area contributed by atoms with Gasteiger partial charge in [-0.25, -0.2) is 8.78 Å². The molecule has 0 spiro atoms. The van der Waals surface area contributed by atoms with Gasteiger partial charge in [0, 0.05) is 12.8 Å². The molecule has 0 N–H and O–H groups in total. The third-order valence-corrected chi connectivity index (χ3v) is 3.51. The van der Waals surface area contributed by atoms with Crippen LogP contribution >= 0.6 is 0 Å². The molecule has 1 aliphatic rings. The molecule has 0 heterocycles. The van der Waals surface area contributed by atoms with Gasteiger partial charge in [0.15, 0.2) is 6.29 Å². The first kappa shape index (κ1) is 14.0. The topological polar surface area (TPSA) is 26.3 Å². The normalized spacial score (nSPS) is 21.9. The maximum atomic E-state index is 13.3. The van der Waals surface area contributed by atoms with E-state index < -0.39 is 5.92 Å². The molecule has 1 aromatic rings. The fourth-order valence-corrected chi connectivity index (χ4v) is 2.52. The van der Waals surface area contributed by atoms with Gasteiger partial charge in [0.05, 0.1) is 12.2 Å². The number of alkyl halides is 2. The van der Waals surface area contributed by atoms with Crippen LogP contribution in [0.3, 0.4) is 0 Å². The second-order valence-corrected chi connectivity index (χ2v) is 5.29. The molecule has 0 bridgehead atoms. The molecule has 0 amide bonds. The number of benzene rings is 1. The standard InChI is InChI=1S/C15H18F2O2/c1-11-4-5-14(13(7-11)9-18)19-10-12-3-2-6-15(16,17)8-12/h4-5,7,9,12H,2-3,6,8,10H2,1H3. The van der Waals surface area contributed by atoms with Crippen LogP contribution < -0.4 is 4.74 Å². The summed E-state index contributed by atoms with van der Waals surface area (Å²) in [5, 5.41) is 0. The molecule has 2 rings (SSSR count). The highest BCUT2D eigenvalue weighted by atomic mass is 19.3. The summed E-state index contributed by atoms with van der Waals surface area (Å²) in [6.45, 7) is 2.14. The fraction of sp³-hybridized carbons (Fsp3) is 0.533. The molecule has 1 saturated carbocycles. The van der Waals surface area contributed by atoms with Crippen LogP contribution in [-0.2, 0) is 0 Å². The number of ether oxygens (including phenoxy) is 1. The van der Waals surface area contributed by atoms with Crippen LogP contribution in [0.2, 0.25) is 0 Å². The Labute approximate surface area is 111 Å². The molecule has 0 aliphatic heterocycles. The van der Waals surface area contributed by atoms with Crippen molar-refractivity contribution < 1.29 is 18.3 Å². The largest absolute Gasteiger partial charge is 0.493 e. The van der Waals surface area contributed by atoms with Crippen molar-refractivity contribution in [3.63, 3.8) is 0 Å². The molecule has 0 aromatic heterocycles. The highest BCUT2D eigenvalue weighted by Gasteiger charge is 2.36. The zero-order valence-electron chi connectivity index (χ0n) is 11.0. The number of aldehydes is 1. The molecular weight excluding hydrogens is 250 g/mol. The monoisotopic (exact) mass is 268 g/mol. The summed E-state index contributed by atoms with van der Waals surface area (Å²) in [7, 11) is 0. The van der Waals surface area contributed by atoms with Crippen LogP contribution in [0.25, 0.3) is 0 Å². The maximum Gasteiger partial charge on any atom is 0.248 e. The third-order valence-electron chi connectivity index (χ3n) is 3.51. The van der Waals surface area contributed by atoms with Crippen LogP contribution in [0.1, 0.15) is 41.6 Å². The average molecular weight is 268 g/mol. The predicted octanol–water partition coefficient (Wildman–Crippen LogP) is 4.01. The summed E-state index contributed by atoms with van der Waals surface area (Å²) < 4.78 is 32.1. The van der Waals surface area contributed by atoms with E-state index in [1.54, 1.807) is 12.1 Å². The van der Waals surface area contributed by atoms with E-state index in [9.17, 15) is 13.6 Å². The second kappa shape index (κ2) is 5.68. The third kappa shape index (κ3) is 3.75. The number of aryl methyl sites for hydroxylation is 1. The van der Waals surface area contributed by atoms with Crippen molar-refractivity contribution in [1.82, 2.24) is 0 Å². The van der Waals surface area contributed by atoms with Gasteiger partial charge in [0.2, 0.25) is 5.92 Å². The molecule has 0 radical (unpaired) electrons. The number of hydrogen-bond acceptors (Lipinski definition) is 2. The summed E-state index contributed by atoms with van der Waals surface area (Å²) in [4.78, 5) is 10.9. The van der Waals surface area contributed by atoms with Crippen LogP contribution in [0.15, 0.2) is 18.2 Å². The van der Waals surface area contributed by atoms with E-state index in [4.69, 9.17) is 4.74 Å². The summed E-state index contributed by atoms with van der Waals surface area (Å²) in [5.74, 6) is -2.22. The van der Waals surface area contributed by atoms with Gasteiger partial charge in [0.25, 0.3) is 0 Å². The van der Waals surface area contributed by atoms with Crippen molar-refractivity contribution in [3.8, 4) is 5.75 Å². The summed E-state index contributed by atoms with van der Waals surface area (Å²) in [6.07, 6.45) is 1.90. The molecule has 1 aromatic carbocycles. The number of carbonyl (C=O) groups is 1. The Balaban J connectivity index is 1.97. The SMILES string of the molecule is Cc1ccc(OCC2CCCC(F)(F)C2)c(C=O)c1. The molecule has 2 nitrogen and oxygen atoms in total. The lowest BCUT2D eigenvalue weighted by Crippen LogP contribution is -2.29. The van der Waals surface area contributed by atoms with Crippen molar-refractivity contribution in [2.75, 3.05) is 6.61 Å². The van der Waals surface area contributed by atoms with E-state index in [1.807, 2.05) is 13.0 Å². The second-order valence-electron chi connectivity index (χ2n) is 5.29. The molecule has 1 atom stereocenters. The number of carbonyl (C=O) groups excluding carboxylic acids is 1.